The Labute approximate surface area is 147 Å². The Kier molecular flexibility index (Phi) is 4.67. The smallest absolute Gasteiger partial charge is 0.223 e. The lowest BCUT2D eigenvalue weighted by molar-refractivity contribution is 0.0807. The molecule has 1 atom stereocenters. The van der Waals surface area contributed by atoms with Crippen molar-refractivity contribution >= 4 is 22.7 Å². The summed E-state index contributed by atoms with van der Waals surface area (Å²) >= 11 is 0. The molecule has 1 aliphatic carbocycles. The van der Waals surface area contributed by atoms with Crippen LogP contribution in [0.5, 0.6) is 0 Å². The van der Waals surface area contributed by atoms with E-state index in [-0.39, 0.29) is 6.10 Å². The first-order valence-electron chi connectivity index (χ1n) is 9.14. The maximum absolute atomic E-state index is 9.65. The highest BCUT2D eigenvalue weighted by atomic mass is 16.5. The minimum atomic E-state index is -0.167. The van der Waals surface area contributed by atoms with Crippen molar-refractivity contribution < 1.29 is 9.84 Å². The molecular formula is C18H25N5O2. The van der Waals surface area contributed by atoms with Crippen LogP contribution < -0.4 is 11.1 Å². The Morgan fingerprint density at radius 2 is 1.96 bits per heavy atom. The fraction of sp³-hybridized carbons (Fsp3) is 0.611. The molecular weight excluding hydrogens is 318 g/mol. The summed E-state index contributed by atoms with van der Waals surface area (Å²) in [4.78, 5) is 13.5. The molecule has 1 aliphatic heterocycles. The quantitative estimate of drug-likeness (QED) is 0.784. The summed E-state index contributed by atoms with van der Waals surface area (Å²) in [6.07, 6.45) is 9.08. The number of nitrogens with two attached hydrogens (primary N) is 1. The van der Waals surface area contributed by atoms with Crippen LogP contribution in [0.4, 0.5) is 11.8 Å². The molecule has 0 aromatic carbocycles. The van der Waals surface area contributed by atoms with Gasteiger partial charge in [-0.2, -0.15) is 0 Å². The third-order valence-electron chi connectivity index (χ3n) is 5.31. The summed E-state index contributed by atoms with van der Waals surface area (Å²) in [6.45, 7) is 1.53. The number of nitrogens with one attached hydrogen (secondary N) is 1. The molecule has 2 aromatic rings. The van der Waals surface area contributed by atoms with Crippen LogP contribution in [0.3, 0.4) is 0 Å². The number of hydrogen-bond acceptors (Lipinski definition) is 7. The summed E-state index contributed by atoms with van der Waals surface area (Å²) in [5.41, 5.74) is 8.00. The number of ether oxygens (including phenoxy) is 1. The van der Waals surface area contributed by atoms with Gasteiger partial charge < -0.3 is 20.9 Å². The molecule has 4 rings (SSSR count). The van der Waals surface area contributed by atoms with E-state index in [1.807, 2.05) is 6.20 Å². The van der Waals surface area contributed by atoms with Gasteiger partial charge in [-0.05, 0) is 38.5 Å². The van der Waals surface area contributed by atoms with Crippen LogP contribution in [-0.2, 0) is 4.74 Å². The van der Waals surface area contributed by atoms with Crippen molar-refractivity contribution in [2.45, 2.75) is 56.6 Å². The highest BCUT2D eigenvalue weighted by Crippen LogP contribution is 2.32. The zero-order chi connectivity index (χ0) is 17.2. The summed E-state index contributed by atoms with van der Waals surface area (Å²) in [7, 11) is 0. The first-order valence-corrected chi connectivity index (χ1v) is 9.14. The van der Waals surface area contributed by atoms with Crippen LogP contribution in [0.25, 0.3) is 10.9 Å². The van der Waals surface area contributed by atoms with E-state index in [1.165, 1.54) is 0 Å². The highest BCUT2D eigenvalue weighted by Gasteiger charge is 2.23. The fourth-order valence-electron chi connectivity index (χ4n) is 3.82. The van der Waals surface area contributed by atoms with Gasteiger partial charge in [0.2, 0.25) is 5.95 Å². The third kappa shape index (κ3) is 3.52. The summed E-state index contributed by atoms with van der Waals surface area (Å²) in [6, 6.07) is 0.307. The zero-order valence-corrected chi connectivity index (χ0v) is 14.3. The molecule has 3 heterocycles. The molecule has 25 heavy (non-hydrogen) atoms. The van der Waals surface area contributed by atoms with Gasteiger partial charge in [-0.15, -0.1) is 0 Å². The second-order valence-corrected chi connectivity index (χ2v) is 7.12. The van der Waals surface area contributed by atoms with Gasteiger partial charge in [-0.1, -0.05) is 0 Å². The molecule has 1 saturated carbocycles. The van der Waals surface area contributed by atoms with E-state index in [2.05, 4.69) is 15.3 Å². The fourth-order valence-corrected chi connectivity index (χ4v) is 3.82. The number of hydrogen-bond donors (Lipinski definition) is 3. The Hall–Kier alpha value is -1.99. The molecule has 7 nitrogen and oxygen atoms in total. The Balaban J connectivity index is 1.63. The molecule has 2 fully saturated rings. The van der Waals surface area contributed by atoms with E-state index >= 15 is 0 Å². The van der Waals surface area contributed by atoms with E-state index in [0.29, 0.717) is 30.3 Å². The summed E-state index contributed by atoms with van der Waals surface area (Å²) in [5.74, 6) is 1.39. The third-order valence-corrected chi connectivity index (χ3v) is 5.31. The molecule has 4 N–H and O–H groups in total. The van der Waals surface area contributed by atoms with Crippen molar-refractivity contribution in [3.05, 3.63) is 18.0 Å². The summed E-state index contributed by atoms with van der Waals surface area (Å²) < 4.78 is 5.64. The standard InChI is InChI=1S/C18H25N5O2/c19-17-15-9-21-18(22-12-3-5-13(24)6-4-12)23-16(15)14(8-20-17)11-2-1-7-25-10-11/h8-9,11-13,24H,1-7,10H2,(H2,19,20)(H,21,22,23). The second kappa shape index (κ2) is 7.09. The van der Waals surface area contributed by atoms with Crippen molar-refractivity contribution in [3.63, 3.8) is 0 Å². The van der Waals surface area contributed by atoms with Gasteiger partial charge in [0.05, 0.1) is 23.6 Å². The SMILES string of the molecule is Nc1ncc(C2CCCOC2)c2nc(NC3CCC(O)CC3)ncc12. The number of anilines is 2. The van der Waals surface area contributed by atoms with Crippen molar-refractivity contribution in [1.29, 1.82) is 0 Å². The van der Waals surface area contributed by atoms with Crippen LogP contribution in [-0.4, -0.2) is 45.4 Å². The topological polar surface area (TPSA) is 106 Å². The number of aliphatic hydroxyl groups excluding tert-OH is 1. The van der Waals surface area contributed by atoms with Crippen LogP contribution >= 0.6 is 0 Å². The molecule has 1 saturated heterocycles. The monoisotopic (exact) mass is 343 g/mol. The molecule has 0 amide bonds. The van der Waals surface area contributed by atoms with Gasteiger partial charge in [0.25, 0.3) is 0 Å². The van der Waals surface area contributed by atoms with E-state index in [0.717, 1.165) is 61.6 Å². The lowest BCUT2D eigenvalue weighted by Crippen LogP contribution is -2.29. The number of aromatic nitrogens is 3. The highest BCUT2D eigenvalue weighted by molar-refractivity contribution is 5.90. The minimum absolute atomic E-state index is 0.167. The number of nitrogen functional groups attached to an aromatic ring is 1. The summed E-state index contributed by atoms with van der Waals surface area (Å²) in [5, 5.41) is 13.9. The lowest BCUT2D eigenvalue weighted by atomic mass is 9.93. The first-order chi connectivity index (χ1) is 12.2. The number of rotatable bonds is 3. The molecule has 134 valence electrons. The van der Waals surface area contributed by atoms with E-state index in [9.17, 15) is 5.11 Å². The van der Waals surface area contributed by atoms with Gasteiger partial charge in [0.15, 0.2) is 0 Å². The molecule has 0 spiro atoms. The van der Waals surface area contributed by atoms with Crippen molar-refractivity contribution in [3.8, 4) is 0 Å². The lowest BCUT2D eigenvalue weighted by Gasteiger charge is -2.26. The Bertz CT molecular complexity index is 740. The second-order valence-electron chi connectivity index (χ2n) is 7.12. The van der Waals surface area contributed by atoms with Gasteiger partial charge in [0.1, 0.15) is 5.82 Å². The normalized spacial score (nSPS) is 27.3. The van der Waals surface area contributed by atoms with Crippen molar-refractivity contribution in [2.24, 2.45) is 0 Å². The predicted octanol–water partition coefficient (Wildman–Crippen LogP) is 2.22. The molecule has 2 aromatic heterocycles. The van der Waals surface area contributed by atoms with Crippen molar-refractivity contribution in [1.82, 2.24) is 15.0 Å². The van der Waals surface area contributed by atoms with Crippen LogP contribution in [0.15, 0.2) is 12.4 Å². The minimum Gasteiger partial charge on any atom is -0.393 e. The molecule has 0 radical (unpaired) electrons. The Morgan fingerprint density at radius 3 is 2.72 bits per heavy atom. The van der Waals surface area contributed by atoms with Gasteiger partial charge in [-0.3, -0.25) is 0 Å². The number of nitrogens with zero attached hydrogens (tertiary/aromatic N) is 3. The van der Waals surface area contributed by atoms with Crippen LogP contribution in [0, 0.1) is 0 Å². The first kappa shape index (κ1) is 16.5. The van der Waals surface area contributed by atoms with E-state index < -0.39 is 0 Å². The Morgan fingerprint density at radius 1 is 1.12 bits per heavy atom. The molecule has 2 aliphatic rings. The average Bonchev–Trinajstić information content (AvgIpc) is 2.65. The van der Waals surface area contributed by atoms with E-state index in [1.54, 1.807) is 6.20 Å². The maximum atomic E-state index is 9.65. The number of fused-ring (bicyclic) bond motifs is 1. The van der Waals surface area contributed by atoms with Gasteiger partial charge in [0, 0.05) is 36.5 Å². The number of aliphatic hydroxyl groups is 1. The van der Waals surface area contributed by atoms with Crippen molar-refractivity contribution in [2.75, 3.05) is 24.3 Å². The van der Waals surface area contributed by atoms with Gasteiger partial charge in [-0.25, -0.2) is 15.0 Å². The molecule has 1 unspecified atom stereocenters. The maximum Gasteiger partial charge on any atom is 0.223 e. The average molecular weight is 343 g/mol. The van der Waals surface area contributed by atoms with Crippen LogP contribution in [0.1, 0.15) is 50.0 Å². The molecule has 0 bridgehead atoms. The van der Waals surface area contributed by atoms with E-state index in [4.69, 9.17) is 15.5 Å². The predicted molar refractivity (Wildman–Crippen MR) is 96.4 cm³/mol. The number of pyridine rings is 1. The van der Waals surface area contributed by atoms with Crippen LogP contribution in [0.2, 0.25) is 0 Å². The zero-order valence-electron chi connectivity index (χ0n) is 14.3. The molecule has 7 heteroatoms. The van der Waals surface area contributed by atoms with Gasteiger partial charge >= 0.3 is 0 Å². The largest absolute Gasteiger partial charge is 0.393 e.